The van der Waals surface area contributed by atoms with E-state index in [4.69, 9.17) is 9.15 Å². The number of rotatable bonds is 8. The number of likely N-dealkylation sites (N-methyl/N-ethyl adjacent to an activating group) is 1. The summed E-state index contributed by atoms with van der Waals surface area (Å²) in [5, 5.41) is 2.99. The first kappa shape index (κ1) is 17.1. The average molecular weight is 316 g/mol. The summed E-state index contributed by atoms with van der Waals surface area (Å²) < 4.78 is 10.3. The molecule has 0 fully saturated rings. The second kappa shape index (κ2) is 8.39. The van der Waals surface area contributed by atoms with Gasteiger partial charge in [0.15, 0.2) is 0 Å². The molecule has 1 heterocycles. The quantitative estimate of drug-likeness (QED) is 0.813. The number of nitrogens with zero attached hydrogens (tertiary/aromatic N) is 1. The van der Waals surface area contributed by atoms with E-state index < -0.39 is 0 Å². The van der Waals surface area contributed by atoms with Crippen molar-refractivity contribution in [2.24, 2.45) is 0 Å². The first-order valence-corrected chi connectivity index (χ1v) is 7.88. The number of furan rings is 1. The van der Waals surface area contributed by atoms with Crippen molar-refractivity contribution in [3.8, 4) is 5.75 Å². The van der Waals surface area contributed by atoms with Gasteiger partial charge in [-0.15, -0.1) is 0 Å². The number of benzene rings is 1. The van der Waals surface area contributed by atoms with Crippen LogP contribution in [-0.2, 0) is 0 Å². The van der Waals surface area contributed by atoms with Gasteiger partial charge in [0.05, 0.1) is 25.0 Å². The maximum Gasteiger partial charge on any atom is 0.254 e. The van der Waals surface area contributed by atoms with Crippen LogP contribution in [-0.4, -0.2) is 37.6 Å². The summed E-state index contributed by atoms with van der Waals surface area (Å²) in [6, 6.07) is 9.74. The maximum absolute atomic E-state index is 12.1. The molecule has 0 bridgehead atoms. The fraction of sp³-hybridized carbons (Fsp3) is 0.389. The number of nitrogens with one attached hydrogen (secondary N) is 1. The Morgan fingerprint density at radius 3 is 2.70 bits per heavy atom. The lowest BCUT2D eigenvalue weighted by atomic mass is 10.0. The van der Waals surface area contributed by atoms with E-state index in [9.17, 15) is 4.79 Å². The third kappa shape index (κ3) is 4.36. The summed E-state index contributed by atoms with van der Waals surface area (Å²) in [5.41, 5.74) is 1.66. The molecule has 5 heteroatoms. The molecule has 0 radical (unpaired) electrons. The molecule has 1 atom stereocenters. The Bertz CT molecular complexity index is 606. The monoisotopic (exact) mass is 316 g/mol. The van der Waals surface area contributed by atoms with Crippen LogP contribution in [0, 0.1) is 0 Å². The molecule has 0 saturated heterocycles. The largest absolute Gasteiger partial charge is 0.497 e. The Kier molecular flexibility index (Phi) is 6.23. The molecule has 0 aliphatic heterocycles. The minimum Gasteiger partial charge on any atom is -0.497 e. The van der Waals surface area contributed by atoms with E-state index in [1.54, 1.807) is 13.2 Å². The van der Waals surface area contributed by atoms with Gasteiger partial charge in [-0.25, -0.2) is 0 Å². The number of ether oxygens (including phenoxy) is 1. The van der Waals surface area contributed by atoms with Crippen LogP contribution in [0.2, 0.25) is 0 Å². The minimum atomic E-state index is -0.126. The molecule has 0 saturated carbocycles. The predicted octanol–water partition coefficient (Wildman–Crippen LogP) is 3.10. The zero-order chi connectivity index (χ0) is 16.7. The Hall–Kier alpha value is -2.27. The van der Waals surface area contributed by atoms with Crippen molar-refractivity contribution in [1.82, 2.24) is 10.2 Å². The molecule has 0 unspecified atom stereocenters. The van der Waals surface area contributed by atoms with Crippen molar-refractivity contribution in [1.29, 1.82) is 0 Å². The maximum atomic E-state index is 12.1. The molecular formula is C18H24N2O3. The summed E-state index contributed by atoms with van der Waals surface area (Å²) >= 11 is 0. The zero-order valence-electron chi connectivity index (χ0n) is 13.9. The van der Waals surface area contributed by atoms with E-state index in [0.29, 0.717) is 12.1 Å². The average Bonchev–Trinajstić information content (AvgIpc) is 3.13. The fourth-order valence-electron chi connectivity index (χ4n) is 2.66. The standard InChI is InChI=1S/C18H24N2O3/c1-4-20(5-2)17(14-7-6-8-16(11-14)22-3)12-19-18(21)15-9-10-23-13-15/h6-11,13,17H,4-5,12H2,1-3H3,(H,19,21)/t17-/m1/s1. The summed E-state index contributed by atoms with van der Waals surface area (Å²) in [4.78, 5) is 14.5. The second-order valence-corrected chi connectivity index (χ2v) is 5.24. The molecule has 1 aromatic carbocycles. The Balaban J connectivity index is 2.15. The number of hydrogen-bond acceptors (Lipinski definition) is 4. The van der Waals surface area contributed by atoms with Crippen LogP contribution >= 0.6 is 0 Å². The van der Waals surface area contributed by atoms with Crippen LogP contribution in [0.5, 0.6) is 5.75 Å². The molecule has 124 valence electrons. The summed E-state index contributed by atoms with van der Waals surface area (Å²) in [5.74, 6) is 0.694. The molecule has 0 spiro atoms. The van der Waals surface area contributed by atoms with Gasteiger partial charge in [0.1, 0.15) is 12.0 Å². The fourth-order valence-corrected chi connectivity index (χ4v) is 2.66. The van der Waals surface area contributed by atoms with E-state index in [1.165, 1.54) is 12.5 Å². The molecular weight excluding hydrogens is 292 g/mol. The van der Waals surface area contributed by atoms with Gasteiger partial charge in [-0.2, -0.15) is 0 Å². The second-order valence-electron chi connectivity index (χ2n) is 5.24. The van der Waals surface area contributed by atoms with Crippen LogP contribution in [0.25, 0.3) is 0 Å². The topological polar surface area (TPSA) is 54.7 Å². The van der Waals surface area contributed by atoms with Gasteiger partial charge in [0, 0.05) is 6.54 Å². The van der Waals surface area contributed by atoms with Crippen molar-refractivity contribution < 1.29 is 13.9 Å². The third-order valence-electron chi connectivity index (χ3n) is 3.97. The Morgan fingerprint density at radius 1 is 1.30 bits per heavy atom. The molecule has 1 N–H and O–H groups in total. The van der Waals surface area contributed by atoms with Crippen LogP contribution in [0.15, 0.2) is 47.3 Å². The summed E-state index contributed by atoms with van der Waals surface area (Å²) in [6.45, 7) is 6.57. The first-order valence-electron chi connectivity index (χ1n) is 7.88. The van der Waals surface area contributed by atoms with Crippen LogP contribution < -0.4 is 10.1 Å². The minimum absolute atomic E-state index is 0.0935. The highest BCUT2D eigenvalue weighted by Gasteiger charge is 2.20. The van der Waals surface area contributed by atoms with Crippen molar-refractivity contribution in [2.75, 3.05) is 26.7 Å². The molecule has 0 aliphatic carbocycles. The third-order valence-corrected chi connectivity index (χ3v) is 3.97. The van der Waals surface area contributed by atoms with Gasteiger partial charge in [-0.1, -0.05) is 26.0 Å². The highest BCUT2D eigenvalue weighted by atomic mass is 16.5. The number of carbonyl (C=O) groups excluding carboxylic acids is 1. The van der Waals surface area contributed by atoms with Crippen molar-refractivity contribution in [3.63, 3.8) is 0 Å². The van der Waals surface area contributed by atoms with Gasteiger partial charge in [0.2, 0.25) is 0 Å². The molecule has 23 heavy (non-hydrogen) atoms. The number of hydrogen-bond donors (Lipinski definition) is 1. The highest BCUT2D eigenvalue weighted by molar-refractivity contribution is 5.93. The van der Waals surface area contributed by atoms with E-state index in [2.05, 4.69) is 30.1 Å². The van der Waals surface area contributed by atoms with Gasteiger partial charge in [0.25, 0.3) is 5.91 Å². The smallest absolute Gasteiger partial charge is 0.254 e. The Labute approximate surface area is 137 Å². The van der Waals surface area contributed by atoms with Crippen LogP contribution in [0.1, 0.15) is 35.8 Å². The summed E-state index contributed by atoms with van der Waals surface area (Å²) in [6.07, 6.45) is 2.95. The number of amides is 1. The normalized spacial score (nSPS) is 12.2. The van der Waals surface area contributed by atoms with Gasteiger partial charge >= 0.3 is 0 Å². The lowest BCUT2D eigenvalue weighted by molar-refractivity contribution is 0.0934. The molecule has 1 aromatic heterocycles. The van der Waals surface area contributed by atoms with Gasteiger partial charge in [-0.05, 0) is 36.9 Å². The number of carbonyl (C=O) groups is 1. The SMILES string of the molecule is CCN(CC)[C@H](CNC(=O)c1ccoc1)c1cccc(OC)c1. The molecule has 2 aromatic rings. The lowest BCUT2D eigenvalue weighted by Crippen LogP contribution is -2.38. The van der Waals surface area contributed by atoms with Crippen molar-refractivity contribution in [3.05, 3.63) is 54.0 Å². The Morgan fingerprint density at radius 2 is 2.09 bits per heavy atom. The molecule has 5 nitrogen and oxygen atoms in total. The van der Waals surface area contributed by atoms with Gasteiger partial charge in [-0.3, -0.25) is 9.69 Å². The van der Waals surface area contributed by atoms with E-state index in [0.717, 1.165) is 24.4 Å². The van der Waals surface area contributed by atoms with E-state index in [-0.39, 0.29) is 11.9 Å². The number of methoxy groups -OCH3 is 1. The highest BCUT2D eigenvalue weighted by Crippen LogP contribution is 2.23. The first-order chi connectivity index (χ1) is 11.2. The zero-order valence-corrected chi connectivity index (χ0v) is 13.9. The van der Waals surface area contributed by atoms with Gasteiger partial charge < -0.3 is 14.5 Å². The molecule has 2 rings (SSSR count). The summed E-state index contributed by atoms with van der Waals surface area (Å²) in [7, 11) is 1.66. The van der Waals surface area contributed by atoms with E-state index in [1.807, 2.05) is 18.2 Å². The van der Waals surface area contributed by atoms with Crippen molar-refractivity contribution in [2.45, 2.75) is 19.9 Å². The van der Waals surface area contributed by atoms with Crippen LogP contribution in [0.4, 0.5) is 0 Å². The van der Waals surface area contributed by atoms with Crippen LogP contribution in [0.3, 0.4) is 0 Å². The predicted molar refractivity (Wildman–Crippen MR) is 89.7 cm³/mol. The van der Waals surface area contributed by atoms with Crippen molar-refractivity contribution >= 4 is 5.91 Å². The lowest BCUT2D eigenvalue weighted by Gasteiger charge is -2.30. The molecule has 1 amide bonds. The molecule has 0 aliphatic rings. The van der Waals surface area contributed by atoms with E-state index >= 15 is 0 Å².